The van der Waals surface area contributed by atoms with Gasteiger partial charge in [-0.3, -0.25) is 9.59 Å². The average molecular weight is 446 g/mol. The van der Waals surface area contributed by atoms with Gasteiger partial charge in [0, 0.05) is 6.54 Å². The molecule has 0 heterocycles. The van der Waals surface area contributed by atoms with E-state index in [1.165, 1.54) is 0 Å². The summed E-state index contributed by atoms with van der Waals surface area (Å²) >= 11 is 0. The molecule has 1 amide bonds. The Morgan fingerprint density at radius 1 is 0.909 bits per heavy atom. The summed E-state index contributed by atoms with van der Waals surface area (Å²) in [5.74, 6) is -1.35. The maximum Gasteiger partial charge on any atom is 0.248 e. The minimum atomic E-state index is -1.70. The zero-order valence-corrected chi connectivity index (χ0v) is 18.8. The Kier molecular flexibility index (Phi) is 8.35. The number of phenolic OH excluding ortho intramolecular Hbond substituents is 1. The van der Waals surface area contributed by atoms with Gasteiger partial charge in [-0.05, 0) is 55.3 Å². The van der Waals surface area contributed by atoms with Gasteiger partial charge in [-0.2, -0.15) is 0 Å². The number of benzene rings is 3. The first-order valence-electron chi connectivity index (χ1n) is 11.1. The molecule has 3 aromatic carbocycles. The Morgan fingerprint density at radius 3 is 1.97 bits per heavy atom. The molecule has 0 unspecified atom stereocenters. The van der Waals surface area contributed by atoms with Crippen LogP contribution in [-0.2, 0) is 16.1 Å². The van der Waals surface area contributed by atoms with Crippen LogP contribution in [0.1, 0.15) is 35.4 Å². The van der Waals surface area contributed by atoms with Crippen LogP contribution in [0.4, 0.5) is 0 Å². The molecule has 3 aromatic rings. The molecule has 1 atom stereocenters. The highest BCUT2D eigenvalue weighted by Crippen LogP contribution is 2.31. The standard InChI is InChI=1S/C27H31N3O3/c1-29-18-8-17-27(28,26(33)30-19-20-13-15-23(31)16-14-20)25(32)24(21-9-4-2-5-10-21)22-11-6-3-7-12-22/h2-7,9-16,24,29,31H,8,17-19,28H2,1H3,(H,30,33)/t27-/m1/s1. The zero-order valence-electron chi connectivity index (χ0n) is 18.8. The van der Waals surface area contributed by atoms with E-state index in [2.05, 4.69) is 10.6 Å². The van der Waals surface area contributed by atoms with Gasteiger partial charge in [0.05, 0.1) is 5.92 Å². The highest BCUT2D eigenvalue weighted by Gasteiger charge is 2.45. The van der Waals surface area contributed by atoms with Crippen LogP contribution < -0.4 is 16.4 Å². The lowest BCUT2D eigenvalue weighted by molar-refractivity contribution is -0.136. The molecule has 0 saturated carbocycles. The number of amides is 1. The van der Waals surface area contributed by atoms with E-state index >= 15 is 0 Å². The molecule has 6 heteroatoms. The van der Waals surface area contributed by atoms with Crippen molar-refractivity contribution < 1.29 is 14.7 Å². The van der Waals surface area contributed by atoms with E-state index in [0.29, 0.717) is 13.0 Å². The van der Waals surface area contributed by atoms with Gasteiger partial charge in [0.1, 0.15) is 5.75 Å². The minimum absolute atomic E-state index is 0.147. The number of nitrogens with two attached hydrogens (primary N) is 1. The van der Waals surface area contributed by atoms with Crippen molar-refractivity contribution in [3.05, 3.63) is 102 Å². The molecule has 0 aliphatic rings. The van der Waals surface area contributed by atoms with E-state index in [9.17, 15) is 14.7 Å². The summed E-state index contributed by atoms with van der Waals surface area (Å²) in [6.45, 7) is 0.845. The summed E-state index contributed by atoms with van der Waals surface area (Å²) in [5.41, 5.74) is 7.35. The van der Waals surface area contributed by atoms with Gasteiger partial charge in [-0.15, -0.1) is 0 Å². The highest BCUT2D eigenvalue weighted by molar-refractivity contribution is 6.13. The van der Waals surface area contributed by atoms with Crippen LogP contribution in [0.25, 0.3) is 0 Å². The normalized spacial score (nSPS) is 12.8. The molecule has 5 N–H and O–H groups in total. The van der Waals surface area contributed by atoms with E-state index in [1.54, 1.807) is 24.3 Å². The molecule has 172 valence electrons. The van der Waals surface area contributed by atoms with E-state index in [0.717, 1.165) is 16.7 Å². The third kappa shape index (κ3) is 6.06. The molecule has 3 rings (SSSR count). The predicted octanol–water partition coefficient (Wildman–Crippen LogP) is 3.11. The second-order valence-corrected chi connectivity index (χ2v) is 8.15. The molecule has 0 radical (unpaired) electrons. The molecule has 0 fully saturated rings. The van der Waals surface area contributed by atoms with Crippen molar-refractivity contribution in [3.8, 4) is 5.75 Å². The molecule has 6 nitrogen and oxygen atoms in total. The summed E-state index contributed by atoms with van der Waals surface area (Å²) < 4.78 is 0. The Balaban J connectivity index is 1.92. The summed E-state index contributed by atoms with van der Waals surface area (Å²) in [5, 5.41) is 15.4. The number of hydrogen-bond donors (Lipinski definition) is 4. The van der Waals surface area contributed by atoms with Crippen molar-refractivity contribution in [3.63, 3.8) is 0 Å². The Labute approximate surface area is 194 Å². The second-order valence-electron chi connectivity index (χ2n) is 8.15. The van der Waals surface area contributed by atoms with Gasteiger partial charge in [0.15, 0.2) is 11.3 Å². The SMILES string of the molecule is CNCCC[C@](N)(C(=O)NCc1ccc(O)cc1)C(=O)C(c1ccccc1)c1ccccc1. The highest BCUT2D eigenvalue weighted by atomic mass is 16.3. The predicted molar refractivity (Wildman–Crippen MR) is 130 cm³/mol. The number of aromatic hydroxyl groups is 1. The first kappa shape index (κ1) is 24.2. The van der Waals surface area contributed by atoms with Crippen molar-refractivity contribution in [2.75, 3.05) is 13.6 Å². The maximum atomic E-state index is 14.0. The monoisotopic (exact) mass is 445 g/mol. The summed E-state index contributed by atoms with van der Waals surface area (Å²) in [7, 11) is 1.82. The molecule has 0 saturated heterocycles. The molecule has 0 aliphatic carbocycles. The number of carbonyl (C=O) groups excluding carboxylic acids is 2. The van der Waals surface area contributed by atoms with Crippen LogP contribution in [0, 0.1) is 0 Å². The second kappa shape index (κ2) is 11.4. The number of carbonyl (C=O) groups is 2. The fourth-order valence-electron chi connectivity index (χ4n) is 3.89. The van der Waals surface area contributed by atoms with Crippen molar-refractivity contribution in [1.82, 2.24) is 10.6 Å². The summed E-state index contributed by atoms with van der Waals surface area (Å²) in [6.07, 6.45) is 0.784. The lowest BCUT2D eigenvalue weighted by atomic mass is 9.76. The van der Waals surface area contributed by atoms with Gasteiger partial charge < -0.3 is 21.5 Å². The van der Waals surface area contributed by atoms with E-state index in [-0.39, 0.29) is 24.5 Å². The van der Waals surface area contributed by atoms with E-state index < -0.39 is 17.4 Å². The van der Waals surface area contributed by atoms with Crippen LogP contribution in [-0.4, -0.2) is 35.9 Å². The van der Waals surface area contributed by atoms with Crippen LogP contribution in [0.5, 0.6) is 5.75 Å². The summed E-state index contributed by atoms with van der Waals surface area (Å²) in [6, 6.07) is 25.4. The largest absolute Gasteiger partial charge is 0.508 e. The van der Waals surface area contributed by atoms with Gasteiger partial charge in [-0.1, -0.05) is 72.8 Å². The Bertz CT molecular complexity index is 1000. The van der Waals surface area contributed by atoms with Gasteiger partial charge >= 0.3 is 0 Å². The molecular formula is C27H31N3O3. The van der Waals surface area contributed by atoms with Gasteiger partial charge in [0.2, 0.25) is 5.91 Å². The lowest BCUT2D eigenvalue weighted by Crippen LogP contribution is -2.61. The fourth-order valence-corrected chi connectivity index (χ4v) is 3.89. The smallest absolute Gasteiger partial charge is 0.248 e. The first-order chi connectivity index (χ1) is 16.0. The van der Waals surface area contributed by atoms with Crippen molar-refractivity contribution in [2.45, 2.75) is 30.8 Å². The van der Waals surface area contributed by atoms with E-state index in [4.69, 9.17) is 5.73 Å². The Hall–Kier alpha value is -3.48. The number of Topliss-reactive ketones (excluding diaryl/α,β-unsaturated/α-hetero) is 1. The summed E-state index contributed by atoms with van der Waals surface area (Å²) in [4.78, 5) is 27.4. The molecular weight excluding hydrogens is 414 g/mol. The Morgan fingerprint density at radius 2 is 1.45 bits per heavy atom. The molecule has 33 heavy (non-hydrogen) atoms. The van der Waals surface area contributed by atoms with Crippen LogP contribution >= 0.6 is 0 Å². The van der Waals surface area contributed by atoms with Crippen molar-refractivity contribution in [1.29, 1.82) is 0 Å². The van der Waals surface area contributed by atoms with Crippen LogP contribution in [0.3, 0.4) is 0 Å². The van der Waals surface area contributed by atoms with Gasteiger partial charge in [-0.25, -0.2) is 0 Å². The fraction of sp³-hybridized carbons (Fsp3) is 0.259. The number of hydrogen-bond acceptors (Lipinski definition) is 5. The van der Waals surface area contributed by atoms with Crippen LogP contribution in [0.2, 0.25) is 0 Å². The van der Waals surface area contributed by atoms with E-state index in [1.807, 2.05) is 67.7 Å². The van der Waals surface area contributed by atoms with Gasteiger partial charge in [0.25, 0.3) is 0 Å². The zero-order chi connectivity index (χ0) is 23.7. The molecule has 0 aliphatic heterocycles. The third-order valence-corrected chi connectivity index (χ3v) is 5.76. The van der Waals surface area contributed by atoms with Crippen molar-refractivity contribution >= 4 is 11.7 Å². The number of phenols is 1. The average Bonchev–Trinajstić information content (AvgIpc) is 2.85. The number of nitrogens with one attached hydrogen (secondary N) is 2. The van der Waals surface area contributed by atoms with Crippen LogP contribution in [0.15, 0.2) is 84.9 Å². The van der Waals surface area contributed by atoms with Crippen molar-refractivity contribution in [2.24, 2.45) is 5.73 Å². The molecule has 0 spiro atoms. The number of rotatable bonds is 11. The molecule has 0 bridgehead atoms. The maximum absolute atomic E-state index is 14.0. The lowest BCUT2D eigenvalue weighted by Gasteiger charge is -2.31. The third-order valence-electron chi connectivity index (χ3n) is 5.76. The number of ketones is 1. The first-order valence-corrected chi connectivity index (χ1v) is 11.1. The minimum Gasteiger partial charge on any atom is -0.508 e. The molecule has 0 aromatic heterocycles. The topological polar surface area (TPSA) is 104 Å². The quantitative estimate of drug-likeness (QED) is 0.268.